The molecule has 29 heavy (non-hydrogen) atoms. The predicted molar refractivity (Wildman–Crippen MR) is 106 cm³/mol. The Labute approximate surface area is 167 Å². The molecule has 0 bridgehead atoms. The summed E-state index contributed by atoms with van der Waals surface area (Å²) in [4.78, 5) is 26.5. The lowest BCUT2D eigenvalue weighted by Crippen LogP contribution is -2.41. The number of halogens is 1. The Morgan fingerprint density at radius 1 is 1.10 bits per heavy atom. The number of carbonyl (C=O) groups excluding carboxylic acids is 1. The van der Waals surface area contributed by atoms with Crippen LogP contribution in [0.2, 0.25) is 0 Å². The average Bonchev–Trinajstić information content (AvgIpc) is 3.27. The maximum Gasteiger partial charge on any atom is 0.266 e. The van der Waals surface area contributed by atoms with Crippen molar-refractivity contribution in [3.8, 4) is 11.5 Å². The van der Waals surface area contributed by atoms with Gasteiger partial charge in [-0.05, 0) is 54.7 Å². The number of benzene rings is 1. The summed E-state index contributed by atoms with van der Waals surface area (Å²) in [6.45, 7) is 1.82. The summed E-state index contributed by atoms with van der Waals surface area (Å²) in [5.41, 5.74) is 1.29. The van der Waals surface area contributed by atoms with Crippen molar-refractivity contribution in [1.29, 1.82) is 0 Å². The van der Waals surface area contributed by atoms with Crippen molar-refractivity contribution < 1.29 is 13.6 Å². The SMILES string of the molecule is O=C(Cc1ccc(F)cc1)N1CCC(Cn2nc(-c3ccco3)ccc2=O)CC1. The Bertz CT molecular complexity index is 1020. The van der Waals surface area contributed by atoms with Gasteiger partial charge >= 0.3 is 0 Å². The van der Waals surface area contributed by atoms with Gasteiger partial charge in [0.1, 0.15) is 11.5 Å². The van der Waals surface area contributed by atoms with Gasteiger partial charge in [-0.25, -0.2) is 9.07 Å². The number of furan rings is 1. The summed E-state index contributed by atoms with van der Waals surface area (Å²) in [6, 6.07) is 12.8. The zero-order valence-corrected chi connectivity index (χ0v) is 16.0. The number of rotatable bonds is 5. The molecule has 0 radical (unpaired) electrons. The van der Waals surface area contributed by atoms with Crippen molar-refractivity contribution in [2.45, 2.75) is 25.8 Å². The molecule has 1 aromatic carbocycles. The van der Waals surface area contributed by atoms with Crippen LogP contribution in [0.5, 0.6) is 0 Å². The molecular weight excluding hydrogens is 373 g/mol. The van der Waals surface area contributed by atoms with E-state index in [0.717, 1.165) is 18.4 Å². The number of aromatic nitrogens is 2. The van der Waals surface area contributed by atoms with Crippen LogP contribution in [0.25, 0.3) is 11.5 Å². The van der Waals surface area contributed by atoms with Crippen LogP contribution in [-0.4, -0.2) is 33.7 Å². The second-order valence-electron chi connectivity index (χ2n) is 7.34. The molecule has 1 aliphatic rings. The second-order valence-corrected chi connectivity index (χ2v) is 7.34. The first-order chi connectivity index (χ1) is 14.1. The van der Waals surface area contributed by atoms with E-state index in [9.17, 15) is 14.0 Å². The Kier molecular flexibility index (Phi) is 5.55. The quantitative estimate of drug-likeness (QED) is 0.666. The number of carbonyl (C=O) groups is 1. The minimum atomic E-state index is -0.304. The van der Waals surface area contributed by atoms with Crippen LogP contribution in [0.15, 0.2) is 64.0 Å². The van der Waals surface area contributed by atoms with Crippen LogP contribution in [0.4, 0.5) is 4.39 Å². The molecule has 2 aromatic heterocycles. The zero-order valence-electron chi connectivity index (χ0n) is 16.0. The third-order valence-electron chi connectivity index (χ3n) is 5.31. The van der Waals surface area contributed by atoms with Gasteiger partial charge in [0.2, 0.25) is 5.91 Å². The van der Waals surface area contributed by atoms with E-state index in [1.807, 2.05) is 11.0 Å². The van der Waals surface area contributed by atoms with Crippen molar-refractivity contribution in [1.82, 2.24) is 14.7 Å². The predicted octanol–water partition coefficient (Wildman–Crippen LogP) is 3.12. The maximum atomic E-state index is 13.0. The molecule has 0 N–H and O–H groups in total. The molecule has 0 atom stereocenters. The van der Waals surface area contributed by atoms with Crippen molar-refractivity contribution >= 4 is 5.91 Å². The van der Waals surface area contributed by atoms with Gasteiger partial charge in [0.25, 0.3) is 5.56 Å². The Morgan fingerprint density at radius 2 is 1.86 bits per heavy atom. The van der Waals surface area contributed by atoms with Crippen molar-refractivity contribution in [2.75, 3.05) is 13.1 Å². The fourth-order valence-electron chi connectivity index (χ4n) is 3.63. The Balaban J connectivity index is 1.34. The lowest BCUT2D eigenvalue weighted by Gasteiger charge is -2.32. The normalized spacial score (nSPS) is 14.9. The third-order valence-corrected chi connectivity index (χ3v) is 5.31. The highest BCUT2D eigenvalue weighted by atomic mass is 19.1. The molecule has 1 saturated heterocycles. The summed E-state index contributed by atoms with van der Waals surface area (Å²) >= 11 is 0. The first-order valence-corrected chi connectivity index (χ1v) is 9.73. The van der Waals surface area contributed by atoms with Crippen molar-refractivity contribution in [3.05, 3.63) is 76.5 Å². The molecule has 150 valence electrons. The molecule has 0 unspecified atom stereocenters. The Morgan fingerprint density at radius 3 is 2.55 bits per heavy atom. The summed E-state index contributed by atoms with van der Waals surface area (Å²) in [6.07, 6.45) is 3.48. The van der Waals surface area contributed by atoms with Crippen LogP contribution in [0.1, 0.15) is 18.4 Å². The van der Waals surface area contributed by atoms with E-state index < -0.39 is 0 Å². The van der Waals surface area contributed by atoms with E-state index in [0.29, 0.717) is 31.1 Å². The highest BCUT2D eigenvalue weighted by molar-refractivity contribution is 5.78. The molecule has 0 saturated carbocycles. The first kappa shape index (κ1) is 19.1. The monoisotopic (exact) mass is 395 g/mol. The van der Waals surface area contributed by atoms with E-state index >= 15 is 0 Å². The third kappa shape index (κ3) is 4.62. The maximum absolute atomic E-state index is 13.0. The van der Waals surface area contributed by atoms with E-state index in [2.05, 4.69) is 5.10 Å². The second kappa shape index (κ2) is 8.43. The number of hydrogen-bond donors (Lipinski definition) is 0. The van der Waals surface area contributed by atoms with Crippen LogP contribution in [0.3, 0.4) is 0 Å². The highest BCUT2D eigenvalue weighted by Gasteiger charge is 2.23. The van der Waals surface area contributed by atoms with E-state index in [1.165, 1.54) is 22.9 Å². The Hall–Kier alpha value is -3.22. The summed E-state index contributed by atoms with van der Waals surface area (Å²) in [5.74, 6) is 0.647. The van der Waals surface area contributed by atoms with Crippen LogP contribution >= 0.6 is 0 Å². The molecule has 1 aliphatic heterocycles. The molecule has 1 amide bonds. The number of nitrogens with zero attached hydrogens (tertiary/aromatic N) is 3. The van der Waals surface area contributed by atoms with E-state index in [1.54, 1.807) is 30.5 Å². The summed E-state index contributed by atoms with van der Waals surface area (Å²) in [7, 11) is 0. The number of likely N-dealkylation sites (tertiary alicyclic amines) is 1. The summed E-state index contributed by atoms with van der Waals surface area (Å²) in [5, 5.41) is 4.43. The lowest BCUT2D eigenvalue weighted by atomic mass is 9.96. The lowest BCUT2D eigenvalue weighted by molar-refractivity contribution is -0.131. The van der Waals surface area contributed by atoms with Crippen LogP contribution < -0.4 is 5.56 Å². The largest absolute Gasteiger partial charge is 0.463 e. The molecule has 3 aromatic rings. The van der Waals surface area contributed by atoms with Gasteiger partial charge in [0, 0.05) is 25.7 Å². The van der Waals surface area contributed by atoms with Gasteiger partial charge in [0.05, 0.1) is 12.7 Å². The molecular formula is C22H22FN3O3. The molecule has 0 aliphatic carbocycles. The fraction of sp³-hybridized carbons (Fsp3) is 0.318. The van der Waals surface area contributed by atoms with Crippen molar-refractivity contribution in [2.24, 2.45) is 5.92 Å². The standard InChI is InChI=1S/C22H22FN3O3/c23-18-5-3-16(4-6-18)14-22(28)25-11-9-17(10-12-25)15-26-21(27)8-7-19(24-26)20-2-1-13-29-20/h1-8,13,17H,9-12,14-15H2. The van der Waals surface area contributed by atoms with Crippen LogP contribution in [-0.2, 0) is 17.8 Å². The van der Waals surface area contributed by atoms with Gasteiger partial charge < -0.3 is 9.32 Å². The summed E-state index contributed by atoms with van der Waals surface area (Å²) < 4.78 is 19.8. The first-order valence-electron chi connectivity index (χ1n) is 9.73. The van der Waals surface area contributed by atoms with E-state index in [-0.39, 0.29) is 29.6 Å². The number of amides is 1. The topological polar surface area (TPSA) is 68.3 Å². The average molecular weight is 395 g/mol. The van der Waals surface area contributed by atoms with Gasteiger partial charge in [-0.15, -0.1) is 0 Å². The molecule has 4 rings (SSSR count). The molecule has 6 nitrogen and oxygen atoms in total. The minimum Gasteiger partial charge on any atom is -0.463 e. The smallest absolute Gasteiger partial charge is 0.266 e. The highest BCUT2D eigenvalue weighted by Crippen LogP contribution is 2.20. The molecule has 7 heteroatoms. The van der Waals surface area contributed by atoms with Gasteiger partial charge in [-0.3, -0.25) is 9.59 Å². The van der Waals surface area contributed by atoms with Gasteiger partial charge in [-0.1, -0.05) is 12.1 Å². The van der Waals surface area contributed by atoms with Gasteiger partial charge in [0.15, 0.2) is 5.76 Å². The zero-order chi connectivity index (χ0) is 20.2. The van der Waals surface area contributed by atoms with E-state index in [4.69, 9.17) is 4.42 Å². The molecule has 3 heterocycles. The number of piperidine rings is 1. The van der Waals surface area contributed by atoms with Gasteiger partial charge in [-0.2, -0.15) is 5.10 Å². The molecule has 1 fully saturated rings. The van der Waals surface area contributed by atoms with Crippen LogP contribution in [0, 0.1) is 11.7 Å². The fourth-order valence-corrected chi connectivity index (χ4v) is 3.63. The van der Waals surface area contributed by atoms with Crippen molar-refractivity contribution in [3.63, 3.8) is 0 Å². The minimum absolute atomic E-state index is 0.0465. The molecule has 0 spiro atoms. The number of hydrogen-bond acceptors (Lipinski definition) is 4.